The summed E-state index contributed by atoms with van der Waals surface area (Å²) in [6.45, 7) is 2.29. The Morgan fingerprint density at radius 2 is 1.80 bits per heavy atom. The second kappa shape index (κ2) is 10.5. The molecule has 182 valence electrons. The van der Waals surface area contributed by atoms with E-state index >= 15 is 0 Å². The molecule has 7 nitrogen and oxygen atoms in total. The van der Waals surface area contributed by atoms with Gasteiger partial charge in [0.05, 0.1) is 15.6 Å². The number of para-hydroxylation sites is 1. The lowest BCUT2D eigenvalue weighted by atomic mass is 10.2. The highest BCUT2D eigenvalue weighted by Crippen LogP contribution is 2.30. The van der Waals surface area contributed by atoms with Crippen LogP contribution < -0.4 is 14.5 Å². The summed E-state index contributed by atoms with van der Waals surface area (Å²) in [4.78, 5) is 26.8. The normalized spacial score (nSPS) is 13.7. The quantitative estimate of drug-likeness (QED) is 0.489. The lowest BCUT2D eigenvalue weighted by Gasteiger charge is -2.25. The molecule has 1 aliphatic heterocycles. The van der Waals surface area contributed by atoms with Crippen LogP contribution in [0.2, 0.25) is 5.02 Å². The summed E-state index contributed by atoms with van der Waals surface area (Å²) in [5, 5.41) is 3.01. The standard InChI is InChI=1S/C26H26ClN3O4S/c1-19-11-13-22(14-12-19)35(33,34)30(24-9-3-2-8-23(24)27)18-25(31)28-17-20-6-4-7-21(16-20)29-15-5-10-26(29)32/h2-4,6-9,11-14,16H,5,10,15,17-18H2,1H3,(H,28,31). The first-order chi connectivity index (χ1) is 16.8. The van der Waals surface area contributed by atoms with E-state index in [0.29, 0.717) is 13.0 Å². The molecule has 0 radical (unpaired) electrons. The van der Waals surface area contributed by atoms with Crippen molar-refractivity contribution in [2.75, 3.05) is 22.3 Å². The first-order valence-electron chi connectivity index (χ1n) is 11.3. The van der Waals surface area contributed by atoms with Crippen molar-refractivity contribution < 1.29 is 18.0 Å². The van der Waals surface area contributed by atoms with Crippen LogP contribution in [0.4, 0.5) is 11.4 Å². The second-order valence-corrected chi connectivity index (χ2v) is 10.6. The van der Waals surface area contributed by atoms with Crippen molar-refractivity contribution in [3.05, 3.63) is 88.9 Å². The molecule has 3 aromatic carbocycles. The zero-order valence-corrected chi connectivity index (χ0v) is 20.8. The van der Waals surface area contributed by atoms with Crippen molar-refractivity contribution >= 4 is 44.8 Å². The summed E-state index contributed by atoms with van der Waals surface area (Å²) < 4.78 is 28.0. The van der Waals surface area contributed by atoms with Gasteiger partial charge in [0.1, 0.15) is 6.54 Å². The fourth-order valence-corrected chi connectivity index (χ4v) is 5.66. The van der Waals surface area contributed by atoms with Crippen LogP contribution in [0.5, 0.6) is 0 Å². The third-order valence-corrected chi connectivity index (χ3v) is 7.90. The fraction of sp³-hybridized carbons (Fsp3) is 0.231. The van der Waals surface area contributed by atoms with Crippen molar-refractivity contribution in [3.8, 4) is 0 Å². The van der Waals surface area contributed by atoms with Gasteiger partial charge in [-0.3, -0.25) is 13.9 Å². The fourth-order valence-electron chi connectivity index (χ4n) is 3.93. The molecule has 1 aliphatic rings. The molecule has 35 heavy (non-hydrogen) atoms. The van der Waals surface area contributed by atoms with E-state index in [2.05, 4.69) is 5.32 Å². The molecule has 1 heterocycles. The van der Waals surface area contributed by atoms with Gasteiger partial charge in [-0.1, -0.05) is 53.6 Å². The van der Waals surface area contributed by atoms with Gasteiger partial charge in [0.25, 0.3) is 10.0 Å². The molecular formula is C26H26ClN3O4S. The molecule has 1 N–H and O–H groups in total. The molecular weight excluding hydrogens is 486 g/mol. The number of benzene rings is 3. The monoisotopic (exact) mass is 511 g/mol. The molecule has 0 atom stereocenters. The Hall–Kier alpha value is -3.36. The maximum absolute atomic E-state index is 13.5. The van der Waals surface area contributed by atoms with Crippen LogP contribution in [0.25, 0.3) is 0 Å². The highest BCUT2D eigenvalue weighted by atomic mass is 35.5. The van der Waals surface area contributed by atoms with Gasteiger partial charge in [0.15, 0.2) is 0 Å². The van der Waals surface area contributed by atoms with Gasteiger partial charge in [-0.15, -0.1) is 0 Å². The zero-order valence-electron chi connectivity index (χ0n) is 19.3. The van der Waals surface area contributed by atoms with E-state index in [-0.39, 0.29) is 28.1 Å². The van der Waals surface area contributed by atoms with Crippen molar-refractivity contribution in [3.63, 3.8) is 0 Å². The maximum Gasteiger partial charge on any atom is 0.264 e. The van der Waals surface area contributed by atoms with Gasteiger partial charge in [-0.2, -0.15) is 0 Å². The molecule has 0 unspecified atom stereocenters. The number of aryl methyl sites for hydroxylation is 1. The van der Waals surface area contributed by atoms with Gasteiger partial charge in [-0.05, 0) is 55.3 Å². The summed E-state index contributed by atoms with van der Waals surface area (Å²) in [5.41, 5.74) is 2.74. The number of rotatable bonds is 8. The molecule has 3 aromatic rings. The minimum Gasteiger partial charge on any atom is -0.350 e. The first kappa shape index (κ1) is 24.8. The van der Waals surface area contributed by atoms with Crippen LogP contribution in [-0.2, 0) is 26.2 Å². The average molecular weight is 512 g/mol. The number of halogens is 1. The number of amides is 2. The SMILES string of the molecule is Cc1ccc(S(=O)(=O)N(CC(=O)NCc2cccc(N3CCCC3=O)c2)c2ccccc2Cl)cc1. The minimum absolute atomic E-state index is 0.0683. The molecule has 0 aromatic heterocycles. The number of hydrogen-bond acceptors (Lipinski definition) is 4. The molecule has 9 heteroatoms. The molecule has 0 saturated carbocycles. The van der Waals surface area contributed by atoms with E-state index in [0.717, 1.165) is 27.5 Å². The van der Waals surface area contributed by atoms with E-state index in [4.69, 9.17) is 11.6 Å². The summed E-state index contributed by atoms with van der Waals surface area (Å²) in [6, 6.07) is 20.3. The number of carbonyl (C=O) groups is 2. The Labute approximate surface area is 210 Å². The van der Waals surface area contributed by atoms with Crippen LogP contribution >= 0.6 is 11.6 Å². The van der Waals surface area contributed by atoms with E-state index in [9.17, 15) is 18.0 Å². The van der Waals surface area contributed by atoms with E-state index in [1.165, 1.54) is 12.1 Å². The third-order valence-electron chi connectivity index (χ3n) is 5.80. The summed E-state index contributed by atoms with van der Waals surface area (Å²) >= 11 is 6.32. The minimum atomic E-state index is -4.05. The Bertz CT molecular complexity index is 1340. The smallest absolute Gasteiger partial charge is 0.264 e. The van der Waals surface area contributed by atoms with E-state index in [1.54, 1.807) is 41.3 Å². The van der Waals surface area contributed by atoms with Crippen molar-refractivity contribution in [2.45, 2.75) is 31.2 Å². The van der Waals surface area contributed by atoms with Gasteiger partial charge in [0, 0.05) is 25.2 Å². The van der Waals surface area contributed by atoms with Crippen LogP contribution in [0.1, 0.15) is 24.0 Å². The molecule has 2 amide bonds. The number of nitrogens with zero attached hydrogens (tertiary/aromatic N) is 2. The highest BCUT2D eigenvalue weighted by molar-refractivity contribution is 7.92. The number of anilines is 2. The number of carbonyl (C=O) groups excluding carboxylic acids is 2. The first-order valence-corrected chi connectivity index (χ1v) is 13.1. The van der Waals surface area contributed by atoms with E-state index in [1.807, 2.05) is 31.2 Å². The average Bonchev–Trinajstić information content (AvgIpc) is 3.28. The van der Waals surface area contributed by atoms with Crippen LogP contribution in [0.3, 0.4) is 0 Å². The van der Waals surface area contributed by atoms with Crippen LogP contribution in [-0.4, -0.2) is 33.3 Å². The summed E-state index contributed by atoms with van der Waals surface area (Å²) in [7, 11) is -4.05. The molecule has 0 spiro atoms. The van der Waals surface area contributed by atoms with Crippen molar-refractivity contribution in [1.29, 1.82) is 0 Å². The Kier molecular flexibility index (Phi) is 7.42. The molecule has 0 bridgehead atoms. The predicted molar refractivity (Wildman–Crippen MR) is 137 cm³/mol. The molecule has 0 aliphatic carbocycles. The van der Waals surface area contributed by atoms with E-state index < -0.39 is 22.5 Å². The van der Waals surface area contributed by atoms with Crippen molar-refractivity contribution in [1.82, 2.24) is 5.32 Å². The third kappa shape index (κ3) is 5.66. The molecule has 1 fully saturated rings. The Morgan fingerprint density at radius 1 is 1.06 bits per heavy atom. The van der Waals surface area contributed by atoms with Gasteiger partial charge in [-0.25, -0.2) is 8.42 Å². The lowest BCUT2D eigenvalue weighted by molar-refractivity contribution is -0.120. The molecule has 1 saturated heterocycles. The highest BCUT2D eigenvalue weighted by Gasteiger charge is 2.28. The second-order valence-electron chi connectivity index (χ2n) is 8.37. The van der Waals surface area contributed by atoms with Crippen LogP contribution in [0.15, 0.2) is 77.7 Å². The Balaban J connectivity index is 1.53. The number of sulfonamides is 1. The van der Waals surface area contributed by atoms with Gasteiger partial charge in [0.2, 0.25) is 11.8 Å². The summed E-state index contributed by atoms with van der Waals surface area (Å²) in [5.74, 6) is -0.397. The van der Waals surface area contributed by atoms with Crippen molar-refractivity contribution in [2.24, 2.45) is 0 Å². The number of hydrogen-bond donors (Lipinski definition) is 1. The van der Waals surface area contributed by atoms with Crippen LogP contribution in [0, 0.1) is 6.92 Å². The van der Waals surface area contributed by atoms with Gasteiger partial charge >= 0.3 is 0 Å². The maximum atomic E-state index is 13.5. The molecule has 4 rings (SSSR count). The van der Waals surface area contributed by atoms with Gasteiger partial charge < -0.3 is 10.2 Å². The lowest BCUT2D eigenvalue weighted by Crippen LogP contribution is -2.40. The Morgan fingerprint density at radius 3 is 2.49 bits per heavy atom. The number of nitrogens with one attached hydrogen (secondary N) is 1. The predicted octanol–water partition coefficient (Wildman–Crippen LogP) is 4.29. The zero-order chi connectivity index (χ0) is 25.0. The summed E-state index contributed by atoms with van der Waals surface area (Å²) in [6.07, 6.45) is 1.36. The topological polar surface area (TPSA) is 86.8 Å². The largest absolute Gasteiger partial charge is 0.350 e.